The molecule has 0 unspecified atom stereocenters. The summed E-state index contributed by atoms with van der Waals surface area (Å²) in [5, 5.41) is 14.9. The zero-order chi connectivity index (χ0) is 19.9. The lowest BCUT2D eigenvalue weighted by atomic mass is 9.96. The van der Waals surface area contributed by atoms with E-state index in [0.717, 1.165) is 25.9 Å². The Morgan fingerprint density at radius 1 is 1.18 bits per heavy atom. The molecule has 0 bridgehead atoms. The Kier molecular flexibility index (Phi) is 7.22. The number of ether oxygens (including phenoxy) is 1. The summed E-state index contributed by atoms with van der Waals surface area (Å²) < 4.78 is 19.5. The minimum atomic E-state index is -0.598. The number of rotatable bonds is 5. The standard InChI is InChI=1S/C20H28FN3O4/c21-15-6-2-3-7-16(15)22-20(27)23-17-9-8-14(28-18(17)13-25)12-19(26)24-10-4-1-5-11-24/h2-3,6-7,14,17-18,25H,1,4-5,8-13H2,(H2,22,23,27)/t14-,17-,18+/m1/s1. The molecule has 0 aromatic heterocycles. The molecule has 3 N–H and O–H groups in total. The van der Waals surface area contributed by atoms with Gasteiger partial charge in [-0.15, -0.1) is 0 Å². The van der Waals surface area contributed by atoms with Gasteiger partial charge in [0.15, 0.2) is 0 Å². The minimum Gasteiger partial charge on any atom is -0.394 e. The van der Waals surface area contributed by atoms with Crippen molar-refractivity contribution in [2.75, 3.05) is 25.0 Å². The fourth-order valence-electron chi connectivity index (χ4n) is 3.80. The van der Waals surface area contributed by atoms with Gasteiger partial charge in [-0.1, -0.05) is 12.1 Å². The van der Waals surface area contributed by atoms with E-state index in [9.17, 15) is 19.1 Å². The normalized spacial score (nSPS) is 25.2. The first-order valence-corrected chi connectivity index (χ1v) is 9.93. The highest BCUT2D eigenvalue weighted by atomic mass is 19.1. The van der Waals surface area contributed by atoms with E-state index >= 15 is 0 Å². The third-order valence-corrected chi connectivity index (χ3v) is 5.35. The van der Waals surface area contributed by atoms with Crippen LogP contribution in [-0.4, -0.2) is 59.9 Å². The molecule has 3 amide bonds. The summed E-state index contributed by atoms with van der Waals surface area (Å²) in [7, 11) is 0. The molecule has 1 aromatic rings. The number of hydrogen-bond acceptors (Lipinski definition) is 4. The third-order valence-electron chi connectivity index (χ3n) is 5.35. The molecule has 2 saturated heterocycles. The monoisotopic (exact) mass is 393 g/mol. The fraction of sp³-hybridized carbons (Fsp3) is 0.600. The second-order valence-electron chi connectivity index (χ2n) is 7.39. The lowest BCUT2D eigenvalue weighted by Crippen LogP contribution is -2.52. The predicted molar refractivity (Wildman–Crippen MR) is 102 cm³/mol. The molecule has 28 heavy (non-hydrogen) atoms. The predicted octanol–water partition coefficient (Wildman–Crippen LogP) is 2.26. The van der Waals surface area contributed by atoms with Crippen LogP contribution in [0.25, 0.3) is 0 Å². The van der Waals surface area contributed by atoms with Crippen LogP contribution in [0.15, 0.2) is 24.3 Å². The van der Waals surface area contributed by atoms with Crippen LogP contribution in [-0.2, 0) is 9.53 Å². The Hall–Kier alpha value is -2.19. The number of halogens is 1. The number of hydrogen-bond donors (Lipinski definition) is 3. The zero-order valence-corrected chi connectivity index (χ0v) is 15.9. The van der Waals surface area contributed by atoms with E-state index in [1.807, 2.05) is 4.90 Å². The van der Waals surface area contributed by atoms with Crippen molar-refractivity contribution in [2.45, 2.75) is 56.8 Å². The number of piperidine rings is 1. The molecule has 2 fully saturated rings. The molecule has 2 aliphatic rings. The quantitative estimate of drug-likeness (QED) is 0.716. The second-order valence-corrected chi connectivity index (χ2v) is 7.39. The van der Waals surface area contributed by atoms with E-state index in [-0.39, 0.29) is 24.3 Å². The SMILES string of the molecule is O=C(Nc1ccccc1F)N[C@@H]1CC[C@H](CC(=O)N2CCCCC2)O[C@H]1CO. The van der Waals surface area contributed by atoms with Gasteiger partial charge in [0.25, 0.3) is 0 Å². The van der Waals surface area contributed by atoms with E-state index in [0.29, 0.717) is 19.3 Å². The fourth-order valence-corrected chi connectivity index (χ4v) is 3.80. The van der Waals surface area contributed by atoms with Crippen LogP contribution >= 0.6 is 0 Å². The van der Waals surface area contributed by atoms with Crippen LogP contribution in [0, 0.1) is 5.82 Å². The van der Waals surface area contributed by atoms with E-state index < -0.39 is 24.0 Å². The summed E-state index contributed by atoms with van der Waals surface area (Å²) in [6.45, 7) is 1.34. The molecule has 0 radical (unpaired) electrons. The number of aliphatic hydroxyl groups excluding tert-OH is 1. The summed E-state index contributed by atoms with van der Waals surface area (Å²) >= 11 is 0. The van der Waals surface area contributed by atoms with E-state index in [1.165, 1.54) is 18.6 Å². The summed E-state index contributed by atoms with van der Waals surface area (Å²) in [6, 6.07) is 4.94. The number of para-hydroxylation sites is 1. The summed E-state index contributed by atoms with van der Waals surface area (Å²) in [5.74, 6) is -0.433. The number of aliphatic hydroxyl groups is 1. The lowest BCUT2D eigenvalue weighted by molar-refractivity contribution is -0.141. The molecule has 0 spiro atoms. The molecule has 3 atom stereocenters. The largest absolute Gasteiger partial charge is 0.394 e. The number of nitrogens with zero attached hydrogens (tertiary/aromatic N) is 1. The van der Waals surface area contributed by atoms with Gasteiger partial charge in [-0.3, -0.25) is 4.79 Å². The van der Waals surface area contributed by atoms with Crippen LogP contribution < -0.4 is 10.6 Å². The molecule has 0 aliphatic carbocycles. The maximum atomic E-state index is 13.7. The van der Waals surface area contributed by atoms with Crippen molar-refractivity contribution in [3.8, 4) is 0 Å². The number of anilines is 1. The average Bonchev–Trinajstić information content (AvgIpc) is 2.71. The van der Waals surface area contributed by atoms with Crippen molar-refractivity contribution >= 4 is 17.6 Å². The first-order chi connectivity index (χ1) is 13.6. The minimum absolute atomic E-state index is 0.0854. The molecule has 8 heteroatoms. The third kappa shape index (κ3) is 5.42. The van der Waals surface area contributed by atoms with Crippen LogP contribution in [0.5, 0.6) is 0 Å². The highest BCUT2D eigenvalue weighted by molar-refractivity contribution is 5.89. The number of benzene rings is 1. The molecule has 0 saturated carbocycles. The van der Waals surface area contributed by atoms with Crippen molar-refractivity contribution in [3.63, 3.8) is 0 Å². The van der Waals surface area contributed by atoms with Gasteiger partial charge in [0.1, 0.15) is 11.9 Å². The van der Waals surface area contributed by atoms with E-state index in [2.05, 4.69) is 10.6 Å². The second kappa shape index (κ2) is 9.84. The number of carbonyl (C=O) groups is 2. The maximum Gasteiger partial charge on any atom is 0.319 e. The van der Waals surface area contributed by atoms with Crippen LogP contribution in [0.3, 0.4) is 0 Å². The zero-order valence-electron chi connectivity index (χ0n) is 15.9. The number of likely N-dealkylation sites (tertiary alicyclic amines) is 1. The Labute approximate surface area is 164 Å². The number of carbonyl (C=O) groups excluding carboxylic acids is 2. The topological polar surface area (TPSA) is 90.9 Å². The Morgan fingerprint density at radius 3 is 2.64 bits per heavy atom. The lowest BCUT2D eigenvalue weighted by Gasteiger charge is -2.37. The molecule has 2 aliphatic heterocycles. The van der Waals surface area contributed by atoms with Gasteiger partial charge in [-0.25, -0.2) is 9.18 Å². The molecular formula is C20H28FN3O4. The maximum absolute atomic E-state index is 13.7. The molecule has 154 valence electrons. The molecule has 2 heterocycles. The highest BCUT2D eigenvalue weighted by Gasteiger charge is 2.33. The van der Waals surface area contributed by atoms with Crippen molar-refractivity contribution in [1.82, 2.24) is 10.2 Å². The van der Waals surface area contributed by atoms with Gasteiger partial charge < -0.3 is 25.4 Å². The van der Waals surface area contributed by atoms with Crippen LogP contribution in [0.1, 0.15) is 38.5 Å². The highest BCUT2D eigenvalue weighted by Crippen LogP contribution is 2.23. The summed E-state index contributed by atoms with van der Waals surface area (Å²) in [6.07, 6.45) is 3.87. The van der Waals surface area contributed by atoms with E-state index in [4.69, 9.17) is 4.74 Å². The van der Waals surface area contributed by atoms with Gasteiger partial charge in [-0.2, -0.15) is 0 Å². The summed E-state index contributed by atoms with van der Waals surface area (Å²) in [4.78, 5) is 26.5. The summed E-state index contributed by atoms with van der Waals surface area (Å²) in [5.41, 5.74) is 0.0854. The van der Waals surface area contributed by atoms with Crippen molar-refractivity contribution < 1.29 is 23.8 Å². The molecule has 7 nitrogen and oxygen atoms in total. The molecule has 3 rings (SSSR count). The number of amides is 3. The van der Waals surface area contributed by atoms with Crippen molar-refractivity contribution in [1.29, 1.82) is 0 Å². The van der Waals surface area contributed by atoms with Crippen LogP contribution in [0.2, 0.25) is 0 Å². The number of nitrogens with one attached hydrogen (secondary N) is 2. The van der Waals surface area contributed by atoms with Gasteiger partial charge in [0.2, 0.25) is 5.91 Å². The Bertz CT molecular complexity index is 681. The molecular weight excluding hydrogens is 365 g/mol. The van der Waals surface area contributed by atoms with Gasteiger partial charge >= 0.3 is 6.03 Å². The van der Waals surface area contributed by atoms with Gasteiger partial charge in [0.05, 0.1) is 30.9 Å². The van der Waals surface area contributed by atoms with Crippen molar-refractivity contribution in [2.24, 2.45) is 0 Å². The Balaban J connectivity index is 1.49. The van der Waals surface area contributed by atoms with Crippen LogP contribution in [0.4, 0.5) is 14.9 Å². The number of urea groups is 1. The van der Waals surface area contributed by atoms with E-state index in [1.54, 1.807) is 12.1 Å². The average molecular weight is 393 g/mol. The van der Waals surface area contributed by atoms with Gasteiger partial charge in [0, 0.05) is 13.1 Å². The Morgan fingerprint density at radius 2 is 1.93 bits per heavy atom. The first kappa shape index (κ1) is 20.5. The first-order valence-electron chi connectivity index (χ1n) is 9.93. The van der Waals surface area contributed by atoms with Gasteiger partial charge in [-0.05, 0) is 44.2 Å². The van der Waals surface area contributed by atoms with Crippen molar-refractivity contribution in [3.05, 3.63) is 30.1 Å². The smallest absolute Gasteiger partial charge is 0.319 e. The molecule has 1 aromatic carbocycles.